The molecule has 0 aromatic heterocycles. The maximum atomic E-state index is 12.8. The lowest BCUT2D eigenvalue weighted by atomic mass is 10.2. The van der Waals surface area contributed by atoms with Crippen LogP contribution in [0.5, 0.6) is 0 Å². The Morgan fingerprint density at radius 2 is 1.59 bits per heavy atom. The predicted octanol–water partition coefficient (Wildman–Crippen LogP) is 3.29. The number of para-hydroxylation sites is 3. The Hall–Kier alpha value is -3.15. The molecule has 0 spiro atoms. The number of nitrogens with zero attached hydrogens (tertiary/aromatic N) is 2. The van der Waals surface area contributed by atoms with Gasteiger partial charge in [0.15, 0.2) is 0 Å². The van der Waals surface area contributed by atoms with E-state index in [9.17, 15) is 14.4 Å². The smallest absolute Gasteiger partial charge is 0.326 e. The van der Waals surface area contributed by atoms with Gasteiger partial charge in [0, 0.05) is 5.69 Å². The lowest BCUT2D eigenvalue weighted by Crippen LogP contribution is -2.37. The van der Waals surface area contributed by atoms with Crippen LogP contribution < -0.4 is 9.80 Å². The molecule has 140 valence electrons. The third-order valence-corrected chi connectivity index (χ3v) is 4.15. The maximum absolute atomic E-state index is 12.8. The van der Waals surface area contributed by atoms with Crippen LogP contribution in [-0.2, 0) is 19.1 Å². The normalized spacial score (nSPS) is 14.2. The highest BCUT2D eigenvalue weighted by molar-refractivity contribution is 6.18. The summed E-state index contributed by atoms with van der Waals surface area (Å²) in [7, 11) is 0. The Morgan fingerprint density at radius 3 is 2.26 bits per heavy atom. The van der Waals surface area contributed by atoms with Gasteiger partial charge in [-0.15, -0.1) is 0 Å². The summed E-state index contributed by atoms with van der Waals surface area (Å²) in [6, 6.07) is 16.2. The number of carbonyl (C=O) groups is 3. The number of benzene rings is 2. The van der Waals surface area contributed by atoms with Gasteiger partial charge >= 0.3 is 5.97 Å². The number of hydrogen-bond donors (Lipinski definition) is 0. The highest BCUT2D eigenvalue weighted by Gasteiger charge is 2.33. The molecule has 0 saturated heterocycles. The van der Waals surface area contributed by atoms with E-state index in [-0.39, 0.29) is 31.4 Å². The van der Waals surface area contributed by atoms with Crippen LogP contribution in [0.4, 0.5) is 17.1 Å². The molecule has 0 saturated carbocycles. The molecule has 2 aromatic carbocycles. The van der Waals surface area contributed by atoms with Crippen LogP contribution >= 0.6 is 0 Å². The summed E-state index contributed by atoms with van der Waals surface area (Å²) in [5.41, 5.74) is 1.75. The fourth-order valence-corrected chi connectivity index (χ4v) is 2.92. The number of ether oxygens (including phenoxy) is 1. The summed E-state index contributed by atoms with van der Waals surface area (Å²) in [6.45, 7) is 3.95. The first-order valence-corrected chi connectivity index (χ1v) is 8.90. The summed E-state index contributed by atoms with van der Waals surface area (Å²) in [5.74, 6) is -1.05. The van der Waals surface area contributed by atoms with E-state index in [1.807, 2.05) is 44.2 Å². The zero-order valence-electron chi connectivity index (χ0n) is 15.4. The molecule has 1 aliphatic rings. The fraction of sp³-hybridized carbons (Fsp3) is 0.286. The Labute approximate surface area is 158 Å². The van der Waals surface area contributed by atoms with Crippen LogP contribution in [0.1, 0.15) is 20.3 Å². The second kappa shape index (κ2) is 8.03. The van der Waals surface area contributed by atoms with Crippen molar-refractivity contribution in [2.24, 2.45) is 5.92 Å². The van der Waals surface area contributed by atoms with Crippen molar-refractivity contribution in [1.82, 2.24) is 0 Å². The number of amides is 2. The molecule has 0 radical (unpaired) electrons. The summed E-state index contributed by atoms with van der Waals surface area (Å²) >= 11 is 0. The van der Waals surface area contributed by atoms with E-state index in [0.717, 1.165) is 0 Å². The van der Waals surface area contributed by atoms with Gasteiger partial charge in [-0.1, -0.05) is 44.2 Å². The molecular formula is C21H22N2O4. The second-order valence-corrected chi connectivity index (χ2v) is 6.79. The molecule has 2 aromatic rings. The zero-order valence-corrected chi connectivity index (χ0v) is 15.4. The molecule has 27 heavy (non-hydrogen) atoms. The molecule has 6 heteroatoms. The molecule has 0 atom stereocenters. The van der Waals surface area contributed by atoms with Crippen molar-refractivity contribution in [2.45, 2.75) is 20.3 Å². The van der Waals surface area contributed by atoms with Crippen molar-refractivity contribution in [3.63, 3.8) is 0 Å². The molecule has 3 rings (SSSR count). The second-order valence-electron chi connectivity index (χ2n) is 6.79. The van der Waals surface area contributed by atoms with E-state index in [1.54, 1.807) is 24.3 Å². The first-order valence-electron chi connectivity index (χ1n) is 8.90. The van der Waals surface area contributed by atoms with Gasteiger partial charge < -0.3 is 4.74 Å². The minimum atomic E-state index is -0.493. The average Bonchev–Trinajstić information content (AvgIpc) is 2.75. The SMILES string of the molecule is CC(C)COC(=O)CN1C(=O)CC(=O)N(c2ccccc2)c2ccccc21. The lowest BCUT2D eigenvalue weighted by molar-refractivity contribution is -0.144. The summed E-state index contributed by atoms with van der Waals surface area (Å²) in [4.78, 5) is 40.6. The Balaban J connectivity index is 1.97. The van der Waals surface area contributed by atoms with Gasteiger partial charge in [0.05, 0.1) is 18.0 Å². The number of anilines is 3. The van der Waals surface area contributed by atoms with Crippen molar-refractivity contribution >= 4 is 34.8 Å². The van der Waals surface area contributed by atoms with Gasteiger partial charge in [-0.3, -0.25) is 24.2 Å². The van der Waals surface area contributed by atoms with Gasteiger partial charge in [-0.25, -0.2) is 0 Å². The Kier molecular flexibility index (Phi) is 5.54. The highest BCUT2D eigenvalue weighted by Crippen LogP contribution is 2.37. The largest absolute Gasteiger partial charge is 0.464 e. The molecule has 0 fully saturated rings. The number of carbonyl (C=O) groups excluding carboxylic acids is 3. The van der Waals surface area contributed by atoms with Crippen LogP contribution in [0.3, 0.4) is 0 Å². The minimum Gasteiger partial charge on any atom is -0.464 e. The third-order valence-electron chi connectivity index (χ3n) is 4.15. The van der Waals surface area contributed by atoms with E-state index in [4.69, 9.17) is 4.74 Å². The standard InChI is InChI=1S/C21H22N2O4/c1-15(2)14-27-21(26)13-22-17-10-6-7-11-18(17)23(20(25)12-19(22)24)16-8-4-3-5-9-16/h3-11,15H,12-14H2,1-2H3. The number of rotatable bonds is 5. The molecule has 2 amide bonds. The number of hydrogen-bond acceptors (Lipinski definition) is 4. The first-order chi connectivity index (χ1) is 13.0. The van der Waals surface area contributed by atoms with Gasteiger partial charge in [0.1, 0.15) is 13.0 Å². The van der Waals surface area contributed by atoms with Crippen LogP contribution in [-0.4, -0.2) is 30.9 Å². The Bertz CT molecular complexity index is 848. The van der Waals surface area contributed by atoms with Crippen LogP contribution in [0.2, 0.25) is 0 Å². The molecule has 0 N–H and O–H groups in total. The van der Waals surface area contributed by atoms with Crippen LogP contribution in [0.15, 0.2) is 54.6 Å². The van der Waals surface area contributed by atoms with E-state index in [0.29, 0.717) is 17.1 Å². The average molecular weight is 366 g/mol. The molecule has 0 bridgehead atoms. The van der Waals surface area contributed by atoms with E-state index < -0.39 is 11.9 Å². The van der Waals surface area contributed by atoms with Crippen molar-refractivity contribution in [1.29, 1.82) is 0 Å². The van der Waals surface area contributed by atoms with Gasteiger partial charge in [0.2, 0.25) is 11.8 Å². The number of esters is 1. The first kappa shape index (κ1) is 18.6. The summed E-state index contributed by atoms with van der Waals surface area (Å²) in [5, 5.41) is 0. The Morgan fingerprint density at radius 1 is 0.963 bits per heavy atom. The van der Waals surface area contributed by atoms with Gasteiger partial charge in [0.25, 0.3) is 0 Å². The van der Waals surface area contributed by atoms with Gasteiger partial charge in [-0.2, -0.15) is 0 Å². The molecule has 0 aliphatic carbocycles. The van der Waals surface area contributed by atoms with Crippen molar-refractivity contribution < 1.29 is 19.1 Å². The van der Waals surface area contributed by atoms with Crippen LogP contribution in [0, 0.1) is 5.92 Å². The van der Waals surface area contributed by atoms with Crippen molar-refractivity contribution in [3.05, 3.63) is 54.6 Å². The van der Waals surface area contributed by atoms with E-state index >= 15 is 0 Å². The van der Waals surface area contributed by atoms with E-state index in [2.05, 4.69) is 0 Å². The zero-order chi connectivity index (χ0) is 19.4. The van der Waals surface area contributed by atoms with Crippen molar-refractivity contribution in [2.75, 3.05) is 23.0 Å². The molecule has 6 nitrogen and oxygen atoms in total. The summed E-state index contributed by atoms with van der Waals surface area (Å²) < 4.78 is 5.22. The minimum absolute atomic E-state index is 0.205. The fourth-order valence-electron chi connectivity index (χ4n) is 2.92. The monoisotopic (exact) mass is 366 g/mol. The topological polar surface area (TPSA) is 66.9 Å². The number of fused-ring (bicyclic) bond motifs is 1. The quantitative estimate of drug-likeness (QED) is 0.602. The molecule has 1 heterocycles. The third kappa shape index (κ3) is 4.16. The summed E-state index contributed by atoms with van der Waals surface area (Å²) in [6.07, 6.45) is -0.318. The van der Waals surface area contributed by atoms with Crippen LogP contribution in [0.25, 0.3) is 0 Å². The molecular weight excluding hydrogens is 344 g/mol. The molecule has 1 aliphatic heterocycles. The lowest BCUT2D eigenvalue weighted by Gasteiger charge is -2.25. The van der Waals surface area contributed by atoms with Gasteiger partial charge in [-0.05, 0) is 30.2 Å². The maximum Gasteiger partial charge on any atom is 0.326 e. The van der Waals surface area contributed by atoms with E-state index in [1.165, 1.54) is 9.80 Å². The highest BCUT2D eigenvalue weighted by atomic mass is 16.5. The predicted molar refractivity (Wildman–Crippen MR) is 103 cm³/mol. The van der Waals surface area contributed by atoms with Crippen molar-refractivity contribution in [3.8, 4) is 0 Å². The molecule has 0 unspecified atom stereocenters.